The third-order valence-corrected chi connectivity index (χ3v) is 6.28. The fraction of sp³-hybridized carbons (Fsp3) is 0.476. The predicted molar refractivity (Wildman–Crippen MR) is 116 cm³/mol. The summed E-state index contributed by atoms with van der Waals surface area (Å²) in [6.07, 6.45) is 3.98. The molecule has 0 amide bonds. The van der Waals surface area contributed by atoms with E-state index in [1.54, 1.807) is 11.2 Å². The molecule has 2 aromatic rings. The molecule has 0 radical (unpaired) electrons. The smallest absolute Gasteiger partial charge is 0.174 e. The average Bonchev–Trinajstić information content (AvgIpc) is 3.17. The monoisotopic (exact) mass is 406 g/mol. The summed E-state index contributed by atoms with van der Waals surface area (Å²) in [5.74, 6) is 0.931. The Morgan fingerprint density at radius 2 is 2.04 bits per heavy atom. The van der Waals surface area contributed by atoms with Crippen molar-refractivity contribution in [1.82, 2.24) is 4.90 Å². The summed E-state index contributed by atoms with van der Waals surface area (Å²) in [5, 5.41) is 4.90. The van der Waals surface area contributed by atoms with Crippen molar-refractivity contribution in [3.8, 4) is 0 Å². The van der Waals surface area contributed by atoms with Crippen LogP contribution in [0.2, 0.25) is 5.02 Å². The van der Waals surface area contributed by atoms with Crippen molar-refractivity contribution in [2.24, 2.45) is 0 Å². The minimum atomic E-state index is 0.414. The summed E-state index contributed by atoms with van der Waals surface area (Å²) in [5.41, 5.74) is 1.97. The van der Waals surface area contributed by atoms with Crippen LogP contribution in [0.1, 0.15) is 38.0 Å². The summed E-state index contributed by atoms with van der Waals surface area (Å²) in [6.45, 7) is 9.63. The molecule has 0 atom stereocenters. The maximum atomic E-state index is 6.27. The second kappa shape index (κ2) is 9.09. The van der Waals surface area contributed by atoms with Crippen LogP contribution in [0.3, 0.4) is 0 Å². The first-order chi connectivity index (χ1) is 13.0. The zero-order chi connectivity index (χ0) is 19.4. The first-order valence-corrected chi connectivity index (χ1v) is 10.4. The molecule has 1 saturated heterocycles. The summed E-state index contributed by atoms with van der Waals surface area (Å²) < 4.78 is 5.60. The van der Waals surface area contributed by atoms with Gasteiger partial charge in [-0.05, 0) is 62.8 Å². The zero-order valence-electron chi connectivity index (χ0n) is 16.3. The molecule has 1 aromatic carbocycles. The van der Waals surface area contributed by atoms with E-state index in [9.17, 15) is 0 Å². The van der Waals surface area contributed by atoms with Crippen molar-refractivity contribution < 1.29 is 9.32 Å². The molecule has 2 N–H and O–H groups in total. The Labute approximate surface area is 172 Å². The van der Waals surface area contributed by atoms with Gasteiger partial charge in [-0.3, -0.25) is 0 Å². The molecule has 0 unspecified atom stereocenters. The molecule has 1 aliphatic heterocycles. The Bertz CT molecular complexity index is 755. The first kappa shape index (κ1) is 20.2. The molecule has 1 aromatic heterocycles. The van der Waals surface area contributed by atoms with Crippen LogP contribution in [0.15, 0.2) is 41.0 Å². The lowest BCUT2D eigenvalue weighted by atomic mass is 10.0. The Balaban J connectivity index is 1.75. The van der Waals surface area contributed by atoms with E-state index < -0.39 is 0 Å². The Morgan fingerprint density at radius 3 is 2.67 bits per heavy atom. The van der Waals surface area contributed by atoms with Crippen molar-refractivity contribution >= 4 is 34.6 Å². The second-order valence-electron chi connectivity index (χ2n) is 7.59. The van der Waals surface area contributed by atoms with E-state index in [0.29, 0.717) is 18.6 Å². The van der Waals surface area contributed by atoms with E-state index in [-0.39, 0.29) is 0 Å². The van der Waals surface area contributed by atoms with E-state index in [0.717, 1.165) is 40.0 Å². The van der Waals surface area contributed by atoms with Gasteiger partial charge in [0.2, 0.25) is 0 Å². The number of halogens is 1. The van der Waals surface area contributed by atoms with Gasteiger partial charge in [0.05, 0.1) is 31.9 Å². The topological polar surface area (TPSA) is 32.9 Å². The number of likely N-dealkylation sites (tertiary alicyclic amines) is 1. The molecule has 0 spiro atoms. The highest BCUT2D eigenvalue weighted by atomic mass is 35.5. The minimum Gasteiger partial charge on any atom is -0.467 e. The van der Waals surface area contributed by atoms with Crippen molar-refractivity contribution in [3.05, 3.63) is 52.9 Å². The fourth-order valence-electron chi connectivity index (χ4n) is 3.73. The van der Waals surface area contributed by atoms with Gasteiger partial charge in [0.25, 0.3) is 0 Å². The molecular formula is C21H29ClN3OS+. The number of hydrogen-bond acceptors (Lipinski definition) is 2. The second-order valence-corrected chi connectivity index (χ2v) is 8.39. The number of nitrogens with zero attached hydrogens (tertiary/aromatic N) is 1. The molecule has 1 fully saturated rings. The van der Waals surface area contributed by atoms with Crippen LogP contribution in [0.25, 0.3) is 0 Å². The Morgan fingerprint density at radius 1 is 1.30 bits per heavy atom. The number of hydrogen-bond donors (Lipinski definition) is 2. The lowest BCUT2D eigenvalue weighted by Crippen LogP contribution is -3.16. The van der Waals surface area contributed by atoms with Gasteiger partial charge in [0.15, 0.2) is 5.11 Å². The van der Waals surface area contributed by atoms with Gasteiger partial charge in [-0.1, -0.05) is 17.7 Å². The van der Waals surface area contributed by atoms with Crippen molar-refractivity contribution in [2.45, 2.75) is 52.2 Å². The maximum Gasteiger partial charge on any atom is 0.174 e. The van der Waals surface area contributed by atoms with Gasteiger partial charge in [-0.2, -0.15) is 0 Å². The van der Waals surface area contributed by atoms with Gasteiger partial charge in [-0.25, -0.2) is 0 Å². The van der Waals surface area contributed by atoms with E-state index >= 15 is 0 Å². The summed E-state index contributed by atoms with van der Waals surface area (Å²) >= 11 is 12.1. The van der Waals surface area contributed by atoms with Crippen LogP contribution in [-0.4, -0.2) is 35.2 Å². The quantitative estimate of drug-likeness (QED) is 0.738. The summed E-state index contributed by atoms with van der Waals surface area (Å²) in [4.78, 5) is 3.96. The largest absolute Gasteiger partial charge is 0.467 e. The van der Waals surface area contributed by atoms with Gasteiger partial charge >= 0.3 is 0 Å². The summed E-state index contributed by atoms with van der Waals surface area (Å²) in [7, 11) is 0. The van der Waals surface area contributed by atoms with Crippen LogP contribution in [0.4, 0.5) is 5.69 Å². The highest BCUT2D eigenvalue weighted by molar-refractivity contribution is 7.80. The Kier molecular flexibility index (Phi) is 6.79. The molecule has 3 rings (SSSR count). The number of thiocarbonyl (C=S) groups is 1. The standard InChI is InChI=1S/C21H28ClN3OS/c1-15(2)24-11-9-17(10-12-24)25(14-18-6-5-13-26-18)21(27)23-20-8-4-7-19(22)16(20)3/h4-8,13,15,17H,9-12,14H2,1-3H3,(H,23,27)/p+1. The van der Waals surface area contributed by atoms with Crippen LogP contribution in [0, 0.1) is 6.92 Å². The normalized spacial score (nSPS) is 19.9. The zero-order valence-corrected chi connectivity index (χ0v) is 17.9. The van der Waals surface area contributed by atoms with Crippen LogP contribution in [0.5, 0.6) is 0 Å². The van der Waals surface area contributed by atoms with Gasteiger partial charge in [0, 0.05) is 29.6 Å². The van der Waals surface area contributed by atoms with Crippen molar-refractivity contribution in [2.75, 3.05) is 18.4 Å². The average molecular weight is 407 g/mol. The number of rotatable bonds is 5. The third kappa shape index (κ3) is 5.03. The molecule has 2 heterocycles. The Hall–Kier alpha value is -1.56. The number of piperidine rings is 1. The molecule has 0 aliphatic carbocycles. The number of furan rings is 1. The van der Waals surface area contributed by atoms with E-state index in [1.165, 1.54) is 13.1 Å². The van der Waals surface area contributed by atoms with Crippen LogP contribution < -0.4 is 10.2 Å². The van der Waals surface area contributed by atoms with Crippen molar-refractivity contribution in [1.29, 1.82) is 0 Å². The molecule has 0 saturated carbocycles. The SMILES string of the molecule is Cc1c(Cl)cccc1NC(=S)N(Cc1ccco1)C1CC[NH+](C(C)C)CC1. The minimum absolute atomic E-state index is 0.414. The predicted octanol–water partition coefficient (Wildman–Crippen LogP) is 3.90. The lowest BCUT2D eigenvalue weighted by Gasteiger charge is -2.39. The molecule has 4 nitrogen and oxygen atoms in total. The van der Waals surface area contributed by atoms with Gasteiger partial charge < -0.3 is 19.5 Å². The molecule has 146 valence electrons. The maximum absolute atomic E-state index is 6.27. The highest BCUT2D eigenvalue weighted by Gasteiger charge is 2.30. The molecule has 6 heteroatoms. The number of nitrogens with one attached hydrogen (secondary N) is 2. The molecule has 27 heavy (non-hydrogen) atoms. The lowest BCUT2D eigenvalue weighted by molar-refractivity contribution is -0.926. The van der Waals surface area contributed by atoms with E-state index in [2.05, 4.69) is 24.1 Å². The summed E-state index contributed by atoms with van der Waals surface area (Å²) in [6, 6.07) is 10.9. The first-order valence-electron chi connectivity index (χ1n) is 9.65. The molecule has 0 bridgehead atoms. The fourth-order valence-corrected chi connectivity index (χ4v) is 4.23. The number of benzene rings is 1. The molecular weight excluding hydrogens is 378 g/mol. The van der Waals surface area contributed by atoms with Gasteiger partial charge in [0.1, 0.15) is 5.76 Å². The van der Waals surface area contributed by atoms with Crippen LogP contribution >= 0.6 is 23.8 Å². The number of quaternary nitrogens is 1. The number of anilines is 1. The van der Waals surface area contributed by atoms with E-state index in [1.807, 2.05) is 37.3 Å². The highest BCUT2D eigenvalue weighted by Crippen LogP contribution is 2.24. The van der Waals surface area contributed by atoms with Crippen molar-refractivity contribution in [3.63, 3.8) is 0 Å². The van der Waals surface area contributed by atoms with Crippen LogP contribution in [-0.2, 0) is 6.54 Å². The third-order valence-electron chi connectivity index (χ3n) is 5.53. The molecule has 1 aliphatic rings. The van der Waals surface area contributed by atoms with Gasteiger partial charge in [-0.15, -0.1) is 0 Å². The van der Waals surface area contributed by atoms with E-state index in [4.69, 9.17) is 28.2 Å².